The van der Waals surface area contributed by atoms with E-state index < -0.39 is 0 Å². The summed E-state index contributed by atoms with van der Waals surface area (Å²) in [6.07, 6.45) is 4.90. The minimum absolute atomic E-state index is 0. The summed E-state index contributed by atoms with van der Waals surface area (Å²) in [6.45, 7) is 7.07. The van der Waals surface area contributed by atoms with Crippen LogP contribution >= 0.6 is 24.0 Å². The van der Waals surface area contributed by atoms with Crippen molar-refractivity contribution in [2.45, 2.75) is 26.8 Å². The summed E-state index contributed by atoms with van der Waals surface area (Å²) >= 11 is 0. The molecule has 0 spiro atoms. The van der Waals surface area contributed by atoms with E-state index in [9.17, 15) is 0 Å². The van der Waals surface area contributed by atoms with E-state index in [2.05, 4.69) is 47.5 Å². The van der Waals surface area contributed by atoms with Crippen molar-refractivity contribution in [3.63, 3.8) is 0 Å². The van der Waals surface area contributed by atoms with Crippen molar-refractivity contribution in [2.75, 3.05) is 26.7 Å². The lowest BCUT2D eigenvalue weighted by Crippen LogP contribution is -2.38. The zero-order valence-electron chi connectivity index (χ0n) is 17.3. The molecule has 2 heterocycles. The second-order valence-corrected chi connectivity index (χ2v) is 6.62. The third kappa shape index (κ3) is 6.62. The van der Waals surface area contributed by atoms with Gasteiger partial charge in [-0.1, -0.05) is 18.2 Å². The summed E-state index contributed by atoms with van der Waals surface area (Å²) in [5.74, 6) is 1.81. The second kappa shape index (κ2) is 11.6. The molecule has 1 N–H and O–H groups in total. The maximum atomic E-state index is 5.51. The van der Waals surface area contributed by atoms with Crippen LogP contribution in [0.25, 0.3) is 5.65 Å². The average molecular weight is 507 g/mol. The topological polar surface area (TPSA) is 54.2 Å². The van der Waals surface area contributed by atoms with Crippen molar-refractivity contribution in [3.8, 4) is 5.75 Å². The van der Waals surface area contributed by atoms with Gasteiger partial charge in [0.1, 0.15) is 11.4 Å². The van der Waals surface area contributed by atoms with Gasteiger partial charge in [-0.2, -0.15) is 0 Å². The molecule has 0 aliphatic rings. The van der Waals surface area contributed by atoms with Crippen molar-refractivity contribution in [2.24, 2.45) is 4.99 Å². The summed E-state index contributed by atoms with van der Waals surface area (Å²) in [4.78, 5) is 11.6. The Morgan fingerprint density at radius 3 is 2.66 bits per heavy atom. The van der Waals surface area contributed by atoms with Gasteiger partial charge in [0.05, 0.1) is 12.3 Å². The Morgan fingerprint density at radius 2 is 1.97 bits per heavy atom. The highest BCUT2D eigenvalue weighted by molar-refractivity contribution is 14.0. The number of fused-ring (bicyclic) bond motifs is 1. The minimum Gasteiger partial charge on any atom is -0.494 e. The first-order valence-corrected chi connectivity index (χ1v) is 9.83. The molecular formula is C22H30IN5O. The highest BCUT2D eigenvalue weighted by Gasteiger charge is 2.07. The van der Waals surface area contributed by atoms with E-state index in [0.717, 1.165) is 42.6 Å². The number of nitrogens with one attached hydrogen (secondary N) is 1. The van der Waals surface area contributed by atoms with Crippen LogP contribution in [0.15, 0.2) is 59.9 Å². The van der Waals surface area contributed by atoms with Crippen LogP contribution in [0.3, 0.4) is 0 Å². The smallest absolute Gasteiger partial charge is 0.193 e. The molecule has 0 radical (unpaired) electrons. The van der Waals surface area contributed by atoms with E-state index in [4.69, 9.17) is 9.73 Å². The van der Waals surface area contributed by atoms with Gasteiger partial charge in [-0.25, -0.2) is 4.98 Å². The van der Waals surface area contributed by atoms with Gasteiger partial charge in [-0.15, -0.1) is 24.0 Å². The molecule has 0 saturated carbocycles. The first-order chi connectivity index (χ1) is 13.7. The lowest BCUT2D eigenvalue weighted by Gasteiger charge is -2.22. The van der Waals surface area contributed by atoms with E-state index in [1.54, 1.807) is 0 Å². The summed E-state index contributed by atoms with van der Waals surface area (Å²) in [6, 6.07) is 14.3. The van der Waals surface area contributed by atoms with Crippen LogP contribution in [-0.2, 0) is 13.0 Å². The Kier molecular flexibility index (Phi) is 9.24. The first kappa shape index (κ1) is 23.0. The molecular weight excluding hydrogens is 477 g/mol. The average Bonchev–Trinajstić information content (AvgIpc) is 3.12. The van der Waals surface area contributed by atoms with Gasteiger partial charge in [0.25, 0.3) is 0 Å². The number of hydrogen-bond acceptors (Lipinski definition) is 3. The lowest BCUT2D eigenvalue weighted by atomic mass is 10.2. The van der Waals surface area contributed by atoms with Gasteiger partial charge in [-0.3, -0.25) is 4.99 Å². The number of pyridine rings is 1. The molecule has 0 aliphatic carbocycles. The zero-order valence-corrected chi connectivity index (χ0v) is 19.7. The number of hydrogen-bond donors (Lipinski definition) is 1. The number of ether oxygens (including phenoxy) is 1. The second-order valence-electron chi connectivity index (χ2n) is 6.62. The van der Waals surface area contributed by atoms with Gasteiger partial charge in [0.2, 0.25) is 0 Å². The van der Waals surface area contributed by atoms with Crippen LogP contribution < -0.4 is 10.1 Å². The number of halogens is 1. The van der Waals surface area contributed by atoms with Crippen LogP contribution in [0.4, 0.5) is 0 Å². The molecule has 0 atom stereocenters. The molecule has 0 saturated heterocycles. The monoisotopic (exact) mass is 507 g/mol. The van der Waals surface area contributed by atoms with E-state index >= 15 is 0 Å². The molecule has 0 fully saturated rings. The molecule has 1 aromatic carbocycles. The molecule has 2 aromatic heterocycles. The van der Waals surface area contributed by atoms with Crippen LogP contribution in [0.1, 0.15) is 25.1 Å². The molecule has 0 amide bonds. The van der Waals surface area contributed by atoms with Crippen molar-refractivity contribution in [1.82, 2.24) is 19.6 Å². The number of imidazole rings is 1. The highest BCUT2D eigenvalue weighted by Crippen LogP contribution is 2.13. The normalized spacial score (nSPS) is 11.2. The predicted molar refractivity (Wildman–Crippen MR) is 129 cm³/mol. The van der Waals surface area contributed by atoms with Gasteiger partial charge >= 0.3 is 0 Å². The van der Waals surface area contributed by atoms with Crippen molar-refractivity contribution in [1.29, 1.82) is 0 Å². The van der Waals surface area contributed by atoms with Gasteiger partial charge in [0, 0.05) is 45.5 Å². The minimum atomic E-state index is 0. The molecule has 29 heavy (non-hydrogen) atoms. The van der Waals surface area contributed by atoms with Crippen LogP contribution in [0, 0.1) is 0 Å². The standard InChI is InChI=1S/C22H29N5O.HI/c1-4-23-22(26(3)16-18-9-11-20(12-10-18)28-5-2)24-14-13-19-17-27-15-7-6-8-21(27)25-19;/h6-12,15,17H,4-5,13-14,16H2,1-3H3,(H,23,24);1H. The van der Waals surface area contributed by atoms with Crippen molar-refractivity contribution in [3.05, 3.63) is 66.1 Å². The largest absolute Gasteiger partial charge is 0.494 e. The fourth-order valence-corrected chi connectivity index (χ4v) is 3.06. The van der Waals surface area contributed by atoms with Crippen molar-refractivity contribution < 1.29 is 4.74 Å². The molecule has 0 bridgehead atoms. The fraction of sp³-hybridized carbons (Fsp3) is 0.364. The third-order valence-electron chi connectivity index (χ3n) is 4.39. The number of rotatable bonds is 8. The number of guanidine groups is 1. The Labute approximate surface area is 190 Å². The molecule has 156 valence electrons. The van der Waals surface area contributed by atoms with Gasteiger partial charge in [0.15, 0.2) is 5.96 Å². The van der Waals surface area contributed by atoms with E-state index in [0.29, 0.717) is 13.2 Å². The number of aliphatic imine (C=N–C) groups is 1. The number of nitrogens with zero attached hydrogens (tertiary/aromatic N) is 4. The molecule has 0 aliphatic heterocycles. The molecule has 7 heteroatoms. The molecule has 3 aromatic rings. The molecule has 3 rings (SSSR count). The van der Waals surface area contributed by atoms with E-state index in [1.165, 1.54) is 5.56 Å². The quantitative estimate of drug-likeness (QED) is 0.285. The predicted octanol–water partition coefficient (Wildman–Crippen LogP) is 3.99. The van der Waals surface area contributed by atoms with Crippen LogP contribution in [-0.4, -0.2) is 47.0 Å². The summed E-state index contributed by atoms with van der Waals surface area (Å²) in [5.41, 5.74) is 3.25. The Balaban J connectivity index is 0.00000300. The van der Waals surface area contributed by atoms with E-state index in [1.807, 2.05) is 47.9 Å². The lowest BCUT2D eigenvalue weighted by molar-refractivity contribution is 0.340. The zero-order chi connectivity index (χ0) is 19.8. The Bertz CT molecular complexity index is 874. The third-order valence-corrected chi connectivity index (χ3v) is 4.39. The molecule has 0 unspecified atom stereocenters. The Hall–Kier alpha value is -2.29. The van der Waals surface area contributed by atoms with Crippen LogP contribution in [0.2, 0.25) is 0 Å². The fourth-order valence-electron chi connectivity index (χ4n) is 3.06. The number of benzene rings is 1. The summed E-state index contributed by atoms with van der Waals surface area (Å²) < 4.78 is 7.56. The SMILES string of the molecule is CCNC(=NCCc1cn2ccccc2n1)N(C)Cc1ccc(OCC)cc1.I. The van der Waals surface area contributed by atoms with E-state index in [-0.39, 0.29) is 24.0 Å². The maximum Gasteiger partial charge on any atom is 0.193 e. The van der Waals surface area contributed by atoms with Gasteiger partial charge in [-0.05, 0) is 43.7 Å². The Morgan fingerprint density at radius 1 is 1.17 bits per heavy atom. The first-order valence-electron chi connectivity index (χ1n) is 9.83. The highest BCUT2D eigenvalue weighted by atomic mass is 127. The van der Waals surface area contributed by atoms with Crippen LogP contribution in [0.5, 0.6) is 5.75 Å². The maximum absolute atomic E-state index is 5.51. The summed E-state index contributed by atoms with van der Waals surface area (Å²) in [5, 5.41) is 3.37. The van der Waals surface area contributed by atoms with Crippen molar-refractivity contribution >= 4 is 35.6 Å². The number of aromatic nitrogens is 2. The molecule has 6 nitrogen and oxygen atoms in total. The van der Waals surface area contributed by atoms with Gasteiger partial charge < -0.3 is 19.4 Å². The summed E-state index contributed by atoms with van der Waals surface area (Å²) in [7, 11) is 2.06.